The zero-order chi connectivity index (χ0) is 30.1. The number of thiazole rings is 1. The van der Waals surface area contributed by atoms with Crippen molar-refractivity contribution < 1.29 is 23.9 Å². The summed E-state index contributed by atoms with van der Waals surface area (Å²) in [4.78, 5) is 42.8. The molecule has 1 heterocycles. The zero-order valence-corrected chi connectivity index (χ0v) is 26.0. The van der Waals surface area contributed by atoms with Gasteiger partial charge in [0.1, 0.15) is 11.9 Å². The monoisotopic (exact) mass is 600 g/mol. The predicted octanol–water partition coefficient (Wildman–Crippen LogP) is 7.49. The lowest BCUT2D eigenvalue weighted by Crippen LogP contribution is -2.46. The van der Waals surface area contributed by atoms with Gasteiger partial charge < -0.3 is 14.8 Å². The molecule has 2 aromatic carbocycles. The van der Waals surface area contributed by atoms with Crippen molar-refractivity contribution >= 4 is 34.3 Å². The first-order chi connectivity index (χ1) is 20.7. The van der Waals surface area contributed by atoms with Crippen LogP contribution in [0.4, 0.5) is 5.13 Å². The molecule has 3 unspecified atom stereocenters. The second-order valence-corrected chi connectivity index (χ2v) is 14.0. The van der Waals surface area contributed by atoms with Crippen molar-refractivity contribution in [3.05, 3.63) is 76.3 Å². The topological polar surface area (TPSA) is 94.6 Å². The van der Waals surface area contributed by atoms with Crippen LogP contribution in [0.25, 0.3) is 0 Å². The summed E-state index contributed by atoms with van der Waals surface area (Å²) in [5, 5.41) is 3.59. The van der Waals surface area contributed by atoms with Gasteiger partial charge in [0, 0.05) is 29.8 Å². The quantitative estimate of drug-likeness (QED) is 0.213. The summed E-state index contributed by atoms with van der Waals surface area (Å²) in [5.74, 6) is 1.77. The summed E-state index contributed by atoms with van der Waals surface area (Å²) < 4.78 is 11.7. The molecule has 2 saturated carbocycles. The van der Waals surface area contributed by atoms with E-state index in [9.17, 15) is 14.4 Å². The van der Waals surface area contributed by atoms with Gasteiger partial charge in [0.05, 0.1) is 5.56 Å². The summed E-state index contributed by atoms with van der Waals surface area (Å²) in [5.41, 5.74) is 3.10. The lowest BCUT2D eigenvalue weighted by atomic mass is 9.53. The van der Waals surface area contributed by atoms with Crippen LogP contribution in [0.5, 0.6) is 5.75 Å². The summed E-state index contributed by atoms with van der Waals surface area (Å²) in [6.45, 7) is 5.83. The molecule has 8 heteroatoms. The zero-order valence-electron chi connectivity index (χ0n) is 25.1. The number of aryl methyl sites for hydroxylation is 2. The molecule has 6 rings (SSSR count). The first-order valence-corrected chi connectivity index (χ1v) is 16.3. The molecule has 226 valence electrons. The van der Waals surface area contributed by atoms with E-state index < -0.39 is 0 Å². The fraction of sp³-hybridized carbons (Fsp3) is 0.486. The summed E-state index contributed by atoms with van der Waals surface area (Å²) in [6.07, 6.45) is 8.77. The van der Waals surface area contributed by atoms with Gasteiger partial charge in [-0.25, -0.2) is 9.78 Å². The number of carbonyl (C=O) groups excluding carboxylic acids is 3. The fourth-order valence-corrected chi connectivity index (χ4v) is 9.07. The Balaban J connectivity index is 1.17. The van der Waals surface area contributed by atoms with Crippen LogP contribution in [0.3, 0.4) is 0 Å². The van der Waals surface area contributed by atoms with Crippen LogP contribution >= 0.6 is 11.3 Å². The van der Waals surface area contributed by atoms with Gasteiger partial charge >= 0.3 is 11.9 Å². The van der Waals surface area contributed by atoms with Crippen molar-refractivity contribution in [3.8, 4) is 5.75 Å². The predicted molar refractivity (Wildman–Crippen MR) is 166 cm³/mol. The molecule has 3 aromatic rings. The molecule has 1 amide bonds. The number of nitrogens with one attached hydrogen (secondary N) is 1. The second kappa shape index (κ2) is 12.2. The van der Waals surface area contributed by atoms with E-state index in [0.29, 0.717) is 46.5 Å². The number of nitrogens with zero attached hydrogens (tertiary/aromatic N) is 1. The van der Waals surface area contributed by atoms with Crippen LogP contribution in [0.1, 0.15) is 91.1 Å². The highest BCUT2D eigenvalue weighted by atomic mass is 32.1. The molecule has 43 heavy (non-hydrogen) atoms. The van der Waals surface area contributed by atoms with Gasteiger partial charge in [-0.15, -0.1) is 11.3 Å². The molecular formula is C35H40N2O5S. The minimum absolute atomic E-state index is 0.00327. The van der Waals surface area contributed by atoms with Crippen molar-refractivity contribution in [2.75, 3.05) is 5.32 Å². The Morgan fingerprint density at radius 2 is 1.93 bits per heavy atom. The molecule has 7 nitrogen and oxygen atoms in total. The minimum Gasteiger partial charge on any atom is -0.462 e. The van der Waals surface area contributed by atoms with Crippen molar-refractivity contribution in [1.29, 1.82) is 0 Å². The molecule has 0 spiro atoms. The van der Waals surface area contributed by atoms with Crippen LogP contribution in [0, 0.1) is 30.1 Å². The molecular weight excluding hydrogens is 560 g/mol. The van der Waals surface area contributed by atoms with Crippen LogP contribution in [0.2, 0.25) is 0 Å². The average molecular weight is 601 g/mol. The van der Waals surface area contributed by atoms with Crippen molar-refractivity contribution in [1.82, 2.24) is 4.98 Å². The van der Waals surface area contributed by atoms with Crippen LogP contribution in [-0.4, -0.2) is 28.9 Å². The van der Waals surface area contributed by atoms with Gasteiger partial charge in [0.15, 0.2) is 5.13 Å². The largest absolute Gasteiger partial charge is 0.462 e. The van der Waals surface area contributed by atoms with Crippen molar-refractivity contribution in [3.63, 3.8) is 0 Å². The van der Waals surface area contributed by atoms with Crippen molar-refractivity contribution in [2.45, 2.75) is 84.2 Å². The van der Waals surface area contributed by atoms with Gasteiger partial charge in [-0.3, -0.25) is 9.59 Å². The third-order valence-corrected chi connectivity index (χ3v) is 11.0. The van der Waals surface area contributed by atoms with Gasteiger partial charge in [0.2, 0.25) is 5.91 Å². The first kappa shape index (κ1) is 29.5. The van der Waals surface area contributed by atoms with E-state index in [1.165, 1.54) is 29.4 Å². The number of amides is 1. The van der Waals surface area contributed by atoms with Gasteiger partial charge in [-0.05, 0) is 111 Å². The Kier molecular flexibility index (Phi) is 8.40. The third-order valence-electron chi connectivity index (χ3n) is 10.1. The Bertz CT molecular complexity index is 1500. The van der Waals surface area contributed by atoms with E-state index in [1.54, 1.807) is 18.3 Å². The van der Waals surface area contributed by atoms with E-state index in [4.69, 9.17) is 9.47 Å². The molecule has 1 aromatic heterocycles. The number of fused-ring (bicyclic) bond motifs is 5. The Morgan fingerprint density at radius 3 is 2.67 bits per heavy atom. The maximum Gasteiger partial charge on any atom is 0.343 e. The van der Waals surface area contributed by atoms with Gasteiger partial charge in [0.25, 0.3) is 0 Å². The number of carbonyl (C=O) groups is 3. The number of anilines is 1. The van der Waals surface area contributed by atoms with Crippen LogP contribution in [-0.2, 0) is 20.7 Å². The molecule has 3 aliphatic rings. The molecule has 0 aliphatic heterocycles. The molecule has 6 atom stereocenters. The van der Waals surface area contributed by atoms with Gasteiger partial charge in [-0.1, -0.05) is 31.2 Å². The maximum absolute atomic E-state index is 12.6. The summed E-state index contributed by atoms with van der Waals surface area (Å²) >= 11 is 1.49. The van der Waals surface area contributed by atoms with Crippen LogP contribution in [0.15, 0.2) is 54.7 Å². The number of esters is 2. The number of aromatic nitrogens is 1. The molecule has 1 N–H and O–H groups in total. The smallest absolute Gasteiger partial charge is 0.343 e. The van der Waals surface area contributed by atoms with E-state index in [1.807, 2.05) is 31.2 Å². The lowest BCUT2D eigenvalue weighted by Gasteiger charge is -2.51. The van der Waals surface area contributed by atoms with E-state index in [0.717, 1.165) is 49.8 Å². The Morgan fingerprint density at radius 1 is 1.12 bits per heavy atom. The number of benzene rings is 2. The maximum atomic E-state index is 12.6. The average Bonchev–Trinajstić information content (AvgIpc) is 3.52. The fourth-order valence-electron chi connectivity index (χ4n) is 8.39. The Labute approximate surface area is 257 Å². The van der Waals surface area contributed by atoms with E-state index >= 15 is 0 Å². The molecule has 0 bridgehead atoms. The molecule has 3 aliphatic carbocycles. The highest BCUT2D eigenvalue weighted by Crippen LogP contribution is 2.64. The normalized spacial score (nSPS) is 27.4. The van der Waals surface area contributed by atoms with E-state index in [-0.39, 0.29) is 29.4 Å². The second-order valence-electron chi connectivity index (χ2n) is 12.8. The van der Waals surface area contributed by atoms with Gasteiger partial charge in [-0.2, -0.15) is 0 Å². The number of hydrogen-bond acceptors (Lipinski definition) is 7. The highest BCUT2D eigenvalue weighted by molar-refractivity contribution is 7.15. The SMILES string of the molecule is CC(=O)O[C@H]1C[C@@H](CCCC(=O)Nc2ncc(C)s2)C2C3CCc4cc(OC(=O)c5ccccc5)ccc4C3CC[C@@]21C. The number of hydrogen-bond donors (Lipinski definition) is 1. The first-order valence-electron chi connectivity index (χ1n) is 15.5. The summed E-state index contributed by atoms with van der Waals surface area (Å²) in [6, 6.07) is 15.2. The van der Waals surface area contributed by atoms with Crippen molar-refractivity contribution in [2.24, 2.45) is 23.2 Å². The number of rotatable bonds is 8. The highest BCUT2D eigenvalue weighted by Gasteiger charge is 2.59. The van der Waals surface area contributed by atoms with Crippen LogP contribution < -0.4 is 10.1 Å². The van der Waals surface area contributed by atoms with E-state index in [2.05, 4.69) is 29.4 Å². The number of ether oxygens (including phenoxy) is 2. The lowest BCUT2D eigenvalue weighted by molar-refractivity contribution is -0.154. The molecule has 2 fully saturated rings. The minimum atomic E-state index is -0.344. The Hall–Kier alpha value is -3.52. The molecule has 0 saturated heterocycles. The third kappa shape index (κ3) is 6.12. The molecule has 0 radical (unpaired) electrons. The summed E-state index contributed by atoms with van der Waals surface area (Å²) in [7, 11) is 0. The standard InChI is InChI=1S/C35H40N2O5S/c1-21-20-36-34(43-21)37-31(39)11-7-10-25-19-30(41-22(2)38)35(3)17-16-28-27-15-13-26(18-24(27)12-14-29(28)32(25)35)42-33(40)23-8-5-4-6-9-23/h4-6,8-9,13,15,18,20,25,28-30,32H,7,10-12,14,16-17,19H2,1-3H3,(H,36,37,39)/t25-,28?,29?,30+,32?,35-/m1/s1.